The smallest absolute Gasteiger partial charge is 0.185 e. The Labute approximate surface area is 134 Å². The van der Waals surface area contributed by atoms with Crippen LogP contribution in [0.15, 0.2) is 36.4 Å². The second kappa shape index (κ2) is 5.87. The largest absolute Gasteiger partial charge is 0.497 e. The van der Waals surface area contributed by atoms with Crippen LogP contribution in [0, 0.1) is 0 Å². The molecule has 0 radical (unpaired) electrons. The Balaban J connectivity index is 1.77. The highest BCUT2D eigenvalue weighted by molar-refractivity contribution is 5.61. The Kier molecular flexibility index (Phi) is 3.57. The van der Waals surface area contributed by atoms with Gasteiger partial charge in [-0.05, 0) is 43.5 Å². The summed E-state index contributed by atoms with van der Waals surface area (Å²) >= 11 is 0. The fraction of sp³-hybridized carbons (Fsp3) is 0.353. The molecular formula is C17H19N5O. The fourth-order valence-corrected chi connectivity index (χ4v) is 3.01. The van der Waals surface area contributed by atoms with Gasteiger partial charge >= 0.3 is 0 Å². The van der Waals surface area contributed by atoms with Crippen molar-refractivity contribution in [1.29, 1.82) is 0 Å². The van der Waals surface area contributed by atoms with Gasteiger partial charge in [-0.1, -0.05) is 12.1 Å². The van der Waals surface area contributed by atoms with Crippen molar-refractivity contribution < 1.29 is 4.74 Å². The average molecular weight is 309 g/mol. The molecule has 0 unspecified atom stereocenters. The van der Waals surface area contributed by atoms with Gasteiger partial charge in [-0.25, -0.2) is 0 Å². The third-order valence-electron chi connectivity index (χ3n) is 4.26. The van der Waals surface area contributed by atoms with E-state index in [-0.39, 0.29) is 0 Å². The Morgan fingerprint density at radius 1 is 1.00 bits per heavy atom. The summed E-state index contributed by atoms with van der Waals surface area (Å²) in [5, 5.41) is 13.3. The molecule has 6 nitrogen and oxygen atoms in total. The zero-order chi connectivity index (χ0) is 15.6. The van der Waals surface area contributed by atoms with Gasteiger partial charge in [0.2, 0.25) is 0 Å². The molecule has 0 aliphatic carbocycles. The molecule has 0 saturated carbocycles. The molecule has 0 spiro atoms. The van der Waals surface area contributed by atoms with Gasteiger partial charge in [0.25, 0.3) is 0 Å². The fourth-order valence-electron chi connectivity index (χ4n) is 3.01. The summed E-state index contributed by atoms with van der Waals surface area (Å²) in [5.74, 6) is 2.52. The topological polar surface area (TPSA) is 55.6 Å². The van der Waals surface area contributed by atoms with Crippen molar-refractivity contribution in [2.75, 3.05) is 25.1 Å². The molecule has 6 heteroatoms. The van der Waals surface area contributed by atoms with Crippen LogP contribution < -0.4 is 9.64 Å². The van der Waals surface area contributed by atoms with Crippen molar-refractivity contribution in [2.24, 2.45) is 0 Å². The van der Waals surface area contributed by atoms with E-state index in [0.717, 1.165) is 41.7 Å². The molecule has 1 fully saturated rings. The number of benzene rings is 1. The third kappa shape index (κ3) is 2.60. The lowest BCUT2D eigenvalue weighted by Crippen LogP contribution is -2.30. The number of anilines is 1. The zero-order valence-electron chi connectivity index (χ0n) is 13.1. The van der Waals surface area contributed by atoms with Crippen LogP contribution in [0.2, 0.25) is 0 Å². The van der Waals surface area contributed by atoms with Crippen molar-refractivity contribution in [3.63, 3.8) is 0 Å². The van der Waals surface area contributed by atoms with Crippen LogP contribution in [0.25, 0.3) is 17.0 Å². The summed E-state index contributed by atoms with van der Waals surface area (Å²) < 4.78 is 7.12. The molecule has 0 atom stereocenters. The summed E-state index contributed by atoms with van der Waals surface area (Å²) in [7, 11) is 1.66. The molecule has 2 aromatic heterocycles. The predicted octanol–water partition coefficient (Wildman–Crippen LogP) is 2.79. The number of methoxy groups -OCH3 is 1. The highest BCUT2D eigenvalue weighted by atomic mass is 16.5. The Bertz CT molecular complexity index is 823. The summed E-state index contributed by atoms with van der Waals surface area (Å²) in [4.78, 5) is 2.33. The first kappa shape index (κ1) is 14.0. The molecule has 0 amide bonds. The van der Waals surface area contributed by atoms with Crippen molar-refractivity contribution in [3.8, 4) is 17.1 Å². The number of ether oxygens (including phenoxy) is 1. The zero-order valence-corrected chi connectivity index (χ0v) is 13.1. The first-order valence-corrected chi connectivity index (χ1v) is 7.97. The van der Waals surface area contributed by atoms with E-state index in [1.54, 1.807) is 7.11 Å². The van der Waals surface area contributed by atoms with Gasteiger partial charge in [-0.3, -0.25) is 0 Å². The molecule has 0 N–H and O–H groups in total. The third-order valence-corrected chi connectivity index (χ3v) is 4.26. The van der Waals surface area contributed by atoms with E-state index in [1.807, 2.05) is 40.9 Å². The molecule has 1 saturated heterocycles. The lowest BCUT2D eigenvalue weighted by atomic mass is 10.1. The minimum absolute atomic E-state index is 0.734. The lowest BCUT2D eigenvalue weighted by molar-refractivity contribution is 0.415. The number of hydrogen-bond donors (Lipinski definition) is 0. The second-order valence-electron chi connectivity index (χ2n) is 5.76. The normalized spacial score (nSPS) is 15.1. The van der Waals surface area contributed by atoms with Crippen LogP contribution in [-0.2, 0) is 0 Å². The average Bonchev–Trinajstić information content (AvgIpc) is 3.05. The van der Waals surface area contributed by atoms with Gasteiger partial charge in [0.15, 0.2) is 11.5 Å². The SMILES string of the molecule is COc1cccc(-c2nnc3ccc(N4CCCCC4)nn23)c1. The minimum atomic E-state index is 0.734. The van der Waals surface area contributed by atoms with Gasteiger partial charge in [0.1, 0.15) is 11.6 Å². The Hall–Kier alpha value is -2.63. The number of aromatic nitrogens is 4. The van der Waals surface area contributed by atoms with Crippen LogP contribution in [0.1, 0.15) is 19.3 Å². The summed E-state index contributed by atoms with van der Waals surface area (Å²) in [6.45, 7) is 2.13. The quantitative estimate of drug-likeness (QED) is 0.744. The van der Waals surface area contributed by atoms with Crippen molar-refractivity contribution in [3.05, 3.63) is 36.4 Å². The summed E-state index contributed by atoms with van der Waals surface area (Å²) in [6, 6.07) is 11.8. The van der Waals surface area contributed by atoms with Crippen molar-refractivity contribution in [2.45, 2.75) is 19.3 Å². The van der Waals surface area contributed by atoms with E-state index in [0.29, 0.717) is 0 Å². The molecule has 3 aromatic rings. The summed E-state index contributed by atoms with van der Waals surface area (Å²) in [5.41, 5.74) is 1.70. The molecule has 118 valence electrons. The van der Waals surface area contributed by atoms with Crippen molar-refractivity contribution >= 4 is 11.5 Å². The molecule has 4 rings (SSSR count). The first-order valence-electron chi connectivity index (χ1n) is 7.97. The maximum Gasteiger partial charge on any atom is 0.185 e. The lowest BCUT2D eigenvalue weighted by Gasteiger charge is -2.27. The molecule has 1 aliphatic rings. The van der Waals surface area contributed by atoms with Crippen LogP contribution in [-0.4, -0.2) is 40.0 Å². The Morgan fingerprint density at radius 3 is 2.70 bits per heavy atom. The number of nitrogens with zero attached hydrogens (tertiary/aromatic N) is 5. The van der Waals surface area contributed by atoms with E-state index in [4.69, 9.17) is 9.84 Å². The highest BCUT2D eigenvalue weighted by Crippen LogP contribution is 2.24. The van der Waals surface area contributed by atoms with Crippen LogP contribution in [0.5, 0.6) is 5.75 Å². The Morgan fingerprint density at radius 2 is 1.87 bits per heavy atom. The number of hydrogen-bond acceptors (Lipinski definition) is 5. The van der Waals surface area contributed by atoms with Gasteiger partial charge in [-0.15, -0.1) is 15.3 Å². The van der Waals surface area contributed by atoms with Crippen LogP contribution in [0.4, 0.5) is 5.82 Å². The standard InChI is InChI=1S/C17H19N5O/c1-23-14-7-5-6-13(12-14)17-19-18-15-8-9-16(20-22(15)17)21-10-3-2-4-11-21/h5-9,12H,2-4,10-11H2,1H3. The van der Waals surface area contributed by atoms with Crippen LogP contribution in [0.3, 0.4) is 0 Å². The molecule has 1 aliphatic heterocycles. The number of piperidine rings is 1. The minimum Gasteiger partial charge on any atom is -0.497 e. The maximum absolute atomic E-state index is 5.30. The molecule has 0 bridgehead atoms. The van der Waals surface area contributed by atoms with E-state index in [2.05, 4.69) is 15.1 Å². The van der Waals surface area contributed by atoms with Crippen molar-refractivity contribution in [1.82, 2.24) is 19.8 Å². The van der Waals surface area contributed by atoms with E-state index < -0.39 is 0 Å². The molecule has 3 heterocycles. The van der Waals surface area contributed by atoms with Gasteiger partial charge in [0, 0.05) is 18.7 Å². The number of rotatable bonds is 3. The van der Waals surface area contributed by atoms with E-state index >= 15 is 0 Å². The predicted molar refractivity (Wildman–Crippen MR) is 88.8 cm³/mol. The van der Waals surface area contributed by atoms with Gasteiger partial charge in [-0.2, -0.15) is 4.52 Å². The molecular weight excluding hydrogens is 290 g/mol. The highest BCUT2D eigenvalue weighted by Gasteiger charge is 2.15. The van der Waals surface area contributed by atoms with Gasteiger partial charge < -0.3 is 9.64 Å². The van der Waals surface area contributed by atoms with E-state index in [1.165, 1.54) is 19.3 Å². The molecule has 1 aromatic carbocycles. The second-order valence-corrected chi connectivity index (χ2v) is 5.76. The maximum atomic E-state index is 5.30. The van der Waals surface area contributed by atoms with Crippen LogP contribution >= 0.6 is 0 Å². The summed E-state index contributed by atoms with van der Waals surface area (Å²) in [6.07, 6.45) is 3.76. The first-order chi connectivity index (χ1) is 11.3. The number of fused-ring (bicyclic) bond motifs is 1. The van der Waals surface area contributed by atoms with Gasteiger partial charge in [0.05, 0.1) is 7.11 Å². The molecule has 23 heavy (non-hydrogen) atoms. The van der Waals surface area contributed by atoms with E-state index in [9.17, 15) is 0 Å². The monoisotopic (exact) mass is 309 g/mol.